The maximum Gasteiger partial charge on any atom is 0.102 e. The van der Waals surface area contributed by atoms with Gasteiger partial charge in [-0.25, -0.2) is 0 Å². The monoisotopic (exact) mass is 281 g/mol. The van der Waals surface area contributed by atoms with E-state index in [2.05, 4.69) is 17.1 Å². The van der Waals surface area contributed by atoms with Crippen molar-refractivity contribution in [3.63, 3.8) is 0 Å². The van der Waals surface area contributed by atoms with E-state index < -0.39 is 0 Å². The van der Waals surface area contributed by atoms with Crippen molar-refractivity contribution in [2.75, 3.05) is 0 Å². The van der Waals surface area contributed by atoms with Gasteiger partial charge in [0.25, 0.3) is 0 Å². The van der Waals surface area contributed by atoms with Crippen LogP contribution in [-0.2, 0) is 12.8 Å². The van der Waals surface area contributed by atoms with E-state index in [0.29, 0.717) is 11.3 Å². The van der Waals surface area contributed by atoms with Gasteiger partial charge in [0.15, 0.2) is 0 Å². The second-order valence-corrected chi connectivity index (χ2v) is 6.04. The number of nitrogens with two attached hydrogens (primary N) is 1. The summed E-state index contributed by atoms with van der Waals surface area (Å²) in [5, 5.41) is 9.41. The summed E-state index contributed by atoms with van der Waals surface area (Å²) in [6.07, 6.45) is 8.15. The Hall–Kier alpha value is -2.12. The second kappa shape index (κ2) is 5.48. The standard InChI is InChI=1S/C16H15N3S/c17-10-13(11-5-7-19-8-6-11)16(18)15-9-12-3-1-2-4-14(12)20-15/h5-9H,1-4,18H2/b16-13-. The van der Waals surface area contributed by atoms with Gasteiger partial charge in [-0.2, -0.15) is 5.26 Å². The topological polar surface area (TPSA) is 62.7 Å². The van der Waals surface area contributed by atoms with Gasteiger partial charge >= 0.3 is 0 Å². The summed E-state index contributed by atoms with van der Waals surface area (Å²) in [5.74, 6) is 0. The average molecular weight is 281 g/mol. The molecular formula is C16H15N3S. The van der Waals surface area contributed by atoms with Gasteiger partial charge < -0.3 is 5.73 Å². The maximum atomic E-state index is 9.41. The van der Waals surface area contributed by atoms with Crippen LogP contribution in [0, 0.1) is 11.3 Å². The number of allylic oxidation sites excluding steroid dienone is 1. The number of fused-ring (bicyclic) bond motifs is 1. The number of aromatic nitrogens is 1. The predicted octanol–water partition coefficient (Wildman–Crippen LogP) is 3.37. The molecule has 0 aliphatic heterocycles. The van der Waals surface area contributed by atoms with Crippen LogP contribution in [0.3, 0.4) is 0 Å². The van der Waals surface area contributed by atoms with E-state index in [1.165, 1.54) is 23.3 Å². The minimum Gasteiger partial charge on any atom is -0.396 e. The van der Waals surface area contributed by atoms with E-state index in [0.717, 1.165) is 23.3 Å². The third-order valence-corrected chi connectivity index (χ3v) is 4.88. The average Bonchev–Trinajstić information content (AvgIpc) is 2.93. The lowest BCUT2D eigenvalue weighted by Crippen LogP contribution is -1.99. The first-order valence-corrected chi connectivity index (χ1v) is 7.53. The lowest BCUT2D eigenvalue weighted by Gasteiger charge is -2.08. The Bertz CT molecular complexity index is 669. The number of rotatable bonds is 2. The number of hydrogen-bond acceptors (Lipinski definition) is 4. The molecule has 0 amide bonds. The first kappa shape index (κ1) is 12.9. The summed E-state index contributed by atoms with van der Waals surface area (Å²) in [5.41, 5.74) is 9.59. The van der Waals surface area contributed by atoms with Gasteiger partial charge in [-0.15, -0.1) is 11.3 Å². The van der Waals surface area contributed by atoms with E-state index >= 15 is 0 Å². The number of pyridine rings is 1. The molecule has 0 aromatic carbocycles. The molecule has 2 heterocycles. The highest BCUT2D eigenvalue weighted by atomic mass is 32.1. The van der Waals surface area contributed by atoms with E-state index in [9.17, 15) is 5.26 Å². The molecule has 3 rings (SSSR count). The van der Waals surface area contributed by atoms with Crippen molar-refractivity contribution in [1.82, 2.24) is 4.98 Å². The molecule has 0 unspecified atom stereocenters. The summed E-state index contributed by atoms with van der Waals surface area (Å²) in [4.78, 5) is 6.43. The predicted molar refractivity (Wildman–Crippen MR) is 81.8 cm³/mol. The van der Waals surface area contributed by atoms with Crippen molar-refractivity contribution < 1.29 is 0 Å². The SMILES string of the molecule is N#C/C(=C(/N)c1cc2c(s1)CCCC2)c1ccncc1. The van der Waals surface area contributed by atoms with Crippen LogP contribution in [0.15, 0.2) is 30.6 Å². The normalized spacial score (nSPS) is 15.2. The van der Waals surface area contributed by atoms with Crippen molar-refractivity contribution in [1.29, 1.82) is 5.26 Å². The third kappa shape index (κ3) is 2.33. The van der Waals surface area contributed by atoms with Crippen molar-refractivity contribution in [3.05, 3.63) is 51.5 Å². The largest absolute Gasteiger partial charge is 0.396 e. The molecule has 0 saturated carbocycles. The fraction of sp³-hybridized carbons (Fsp3) is 0.250. The van der Waals surface area contributed by atoms with E-state index in [1.807, 2.05) is 12.1 Å². The Morgan fingerprint density at radius 2 is 2.00 bits per heavy atom. The highest BCUT2D eigenvalue weighted by Gasteiger charge is 2.16. The zero-order valence-electron chi connectivity index (χ0n) is 11.1. The molecule has 2 aromatic heterocycles. The van der Waals surface area contributed by atoms with Gasteiger partial charge in [-0.3, -0.25) is 4.98 Å². The van der Waals surface area contributed by atoms with Crippen molar-refractivity contribution >= 4 is 22.6 Å². The summed E-state index contributed by atoms with van der Waals surface area (Å²) in [7, 11) is 0. The van der Waals surface area contributed by atoms with Gasteiger partial charge in [0.1, 0.15) is 6.07 Å². The smallest absolute Gasteiger partial charge is 0.102 e. The van der Waals surface area contributed by atoms with E-state index in [-0.39, 0.29) is 0 Å². The number of aryl methyl sites for hydroxylation is 2. The van der Waals surface area contributed by atoms with Crippen LogP contribution in [0.1, 0.15) is 33.7 Å². The molecule has 20 heavy (non-hydrogen) atoms. The van der Waals surface area contributed by atoms with E-state index in [4.69, 9.17) is 5.73 Å². The number of hydrogen-bond donors (Lipinski definition) is 1. The quantitative estimate of drug-likeness (QED) is 0.858. The molecule has 100 valence electrons. The third-order valence-electron chi connectivity index (χ3n) is 3.61. The molecule has 0 saturated heterocycles. The number of nitriles is 1. The first-order chi connectivity index (χ1) is 9.79. The van der Waals surface area contributed by atoms with Crippen LogP contribution in [0.2, 0.25) is 0 Å². The summed E-state index contributed by atoms with van der Waals surface area (Å²) in [6, 6.07) is 8.03. The highest BCUT2D eigenvalue weighted by Crippen LogP contribution is 2.34. The number of thiophene rings is 1. The zero-order chi connectivity index (χ0) is 13.9. The van der Waals surface area contributed by atoms with Crippen LogP contribution in [-0.4, -0.2) is 4.98 Å². The number of nitrogens with zero attached hydrogens (tertiary/aromatic N) is 2. The van der Waals surface area contributed by atoms with Crippen LogP contribution < -0.4 is 5.73 Å². The van der Waals surface area contributed by atoms with Crippen molar-refractivity contribution in [2.24, 2.45) is 5.73 Å². The van der Waals surface area contributed by atoms with Gasteiger partial charge in [0.2, 0.25) is 0 Å². The minimum absolute atomic E-state index is 0.533. The molecule has 0 fully saturated rings. The molecule has 0 radical (unpaired) electrons. The molecule has 3 nitrogen and oxygen atoms in total. The van der Waals surface area contributed by atoms with Crippen molar-refractivity contribution in [3.8, 4) is 6.07 Å². The Balaban J connectivity index is 2.05. The summed E-state index contributed by atoms with van der Waals surface area (Å²) in [6.45, 7) is 0. The van der Waals surface area contributed by atoms with Gasteiger partial charge in [-0.05, 0) is 55.0 Å². The van der Waals surface area contributed by atoms with Crippen LogP contribution in [0.25, 0.3) is 11.3 Å². The molecule has 0 bridgehead atoms. The highest BCUT2D eigenvalue weighted by molar-refractivity contribution is 7.13. The lowest BCUT2D eigenvalue weighted by atomic mass is 9.98. The Kier molecular flexibility index (Phi) is 3.53. The van der Waals surface area contributed by atoms with Crippen molar-refractivity contribution in [2.45, 2.75) is 25.7 Å². The lowest BCUT2D eigenvalue weighted by molar-refractivity contribution is 0.697. The summed E-state index contributed by atoms with van der Waals surface area (Å²) < 4.78 is 0. The minimum atomic E-state index is 0.533. The molecule has 0 atom stereocenters. The Morgan fingerprint density at radius 1 is 1.25 bits per heavy atom. The molecule has 0 spiro atoms. The molecule has 2 aromatic rings. The van der Waals surface area contributed by atoms with Crippen LogP contribution in [0.4, 0.5) is 0 Å². The Morgan fingerprint density at radius 3 is 2.70 bits per heavy atom. The molecule has 1 aliphatic carbocycles. The second-order valence-electron chi connectivity index (χ2n) is 4.90. The van der Waals surface area contributed by atoms with Gasteiger partial charge in [0, 0.05) is 17.3 Å². The first-order valence-electron chi connectivity index (χ1n) is 6.72. The molecule has 2 N–H and O–H groups in total. The maximum absolute atomic E-state index is 9.41. The molecule has 1 aliphatic rings. The van der Waals surface area contributed by atoms with Gasteiger partial charge in [0.05, 0.1) is 16.1 Å². The van der Waals surface area contributed by atoms with Crippen LogP contribution >= 0.6 is 11.3 Å². The summed E-state index contributed by atoms with van der Waals surface area (Å²) >= 11 is 1.73. The zero-order valence-corrected chi connectivity index (χ0v) is 11.9. The fourth-order valence-corrected chi connectivity index (χ4v) is 3.76. The van der Waals surface area contributed by atoms with Crippen LogP contribution in [0.5, 0.6) is 0 Å². The van der Waals surface area contributed by atoms with E-state index in [1.54, 1.807) is 23.7 Å². The Labute approximate surface area is 122 Å². The molecular weight excluding hydrogens is 266 g/mol. The van der Waals surface area contributed by atoms with Gasteiger partial charge in [-0.1, -0.05) is 0 Å². The fourth-order valence-electron chi connectivity index (χ4n) is 2.55. The molecule has 4 heteroatoms.